The minimum Gasteiger partial charge on any atom is -0.508 e. The Bertz CT molecular complexity index is 1070. The van der Waals surface area contributed by atoms with E-state index in [2.05, 4.69) is 15.0 Å². The van der Waals surface area contributed by atoms with Crippen LogP contribution in [0.5, 0.6) is 11.5 Å². The van der Waals surface area contributed by atoms with Gasteiger partial charge in [0.15, 0.2) is 17.5 Å². The van der Waals surface area contributed by atoms with Gasteiger partial charge in [-0.05, 0) is 26.0 Å². The molecule has 0 bridgehead atoms. The number of nitrogens with zero attached hydrogens (tertiary/aromatic N) is 3. The largest absolute Gasteiger partial charge is 0.508 e. The molecular weight excluding hydrogens is 350 g/mol. The van der Waals surface area contributed by atoms with E-state index < -0.39 is 0 Å². The van der Waals surface area contributed by atoms with Gasteiger partial charge in [-0.25, -0.2) is 15.0 Å². The number of aryl methyl sites for hydroxylation is 2. The van der Waals surface area contributed by atoms with Gasteiger partial charge in [0.1, 0.15) is 11.5 Å². The third-order valence-electron chi connectivity index (χ3n) is 4.48. The molecule has 5 heteroatoms. The molecule has 28 heavy (non-hydrogen) atoms. The van der Waals surface area contributed by atoms with Crippen molar-refractivity contribution in [1.29, 1.82) is 0 Å². The van der Waals surface area contributed by atoms with Gasteiger partial charge in [0.05, 0.1) is 5.56 Å². The molecule has 0 aliphatic rings. The Hall–Kier alpha value is -3.73. The summed E-state index contributed by atoms with van der Waals surface area (Å²) in [6.07, 6.45) is 0. The maximum absolute atomic E-state index is 10.3. The normalized spacial score (nSPS) is 10.8. The second-order valence-electron chi connectivity index (χ2n) is 6.74. The van der Waals surface area contributed by atoms with E-state index in [0.29, 0.717) is 23.0 Å². The van der Waals surface area contributed by atoms with Crippen molar-refractivity contribution >= 4 is 0 Å². The highest BCUT2D eigenvalue weighted by molar-refractivity contribution is 5.70. The van der Waals surface area contributed by atoms with Crippen LogP contribution in [0.1, 0.15) is 11.1 Å². The summed E-state index contributed by atoms with van der Waals surface area (Å²) in [6.45, 7) is 4.05. The van der Waals surface area contributed by atoms with Crippen LogP contribution < -0.4 is 0 Å². The van der Waals surface area contributed by atoms with Crippen molar-refractivity contribution in [3.05, 3.63) is 77.9 Å². The molecule has 0 saturated carbocycles. The predicted molar refractivity (Wildman–Crippen MR) is 109 cm³/mol. The molecule has 0 radical (unpaired) electrons. The molecule has 2 N–H and O–H groups in total. The fourth-order valence-corrected chi connectivity index (χ4v) is 2.87. The molecule has 0 spiro atoms. The van der Waals surface area contributed by atoms with Crippen LogP contribution in [0.25, 0.3) is 34.2 Å². The van der Waals surface area contributed by atoms with E-state index in [4.69, 9.17) is 0 Å². The highest BCUT2D eigenvalue weighted by Gasteiger charge is 2.15. The van der Waals surface area contributed by atoms with Crippen molar-refractivity contribution in [3.8, 4) is 45.7 Å². The number of aromatic nitrogens is 3. The maximum atomic E-state index is 10.3. The van der Waals surface area contributed by atoms with Gasteiger partial charge in [0.2, 0.25) is 0 Å². The highest BCUT2D eigenvalue weighted by Crippen LogP contribution is 2.32. The Morgan fingerprint density at radius 1 is 0.571 bits per heavy atom. The zero-order valence-corrected chi connectivity index (χ0v) is 15.6. The minimum atomic E-state index is -0.0871. The molecule has 1 heterocycles. The minimum absolute atomic E-state index is 0.0205. The lowest BCUT2D eigenvalue weighted by atomic mass is 10.1. The number of benzene rings is 3. The zero-order chi connectivity index (χ0) is 19.7. The average Bonchev–Trinajstić information content (AvgIpc) is 2.69. The summed E-state index contributed by atoms with van der Waals surface area (Å²) in [5, 5.41) is 19.9. The van der Waals surface area contributed by atoms with Crippen LogP contribution in [0.15, 0.2) is 66.7 Å². The molecule has 1 aromatic heterocycles. The van der Waals surface area contributed by atoms with Gasteiger partial charge < -0.3 is 10.2 Å². The van der Waals surface area contributed by atoms with Crippen LogP contribution in [-0.4, -0.2) is 25.2 Å². The molecule has 0 aliphatic heterocycles. The van der Waals surface area contributed by atoms with E-state index in [1.165, 1.54) is 12.1 Å². The SMILES string of the molecule is Cc1ccc(-c2nc(-c3ccc(C)cc3)nc(-c3ccc(O)cc3O)n2)cc1. The van der Waals surface area contributed by atoms with Crippen LogP contribution in [-0.2, 0) is 0 Å². The molecule has 0 amide bonds. The lowest BCUT2D eigenvalue weighted by molar-refractivity contribution is 0.451. The van der Waals surface area contributed by atoms with Crippen LogP contribution in [0.4, 0.5) is 0 Å². The molecule has 0 saturated heterocycles. The van der Waals surface area contributed by atoms with Crippen LogP contribution >= 0.6 is 0 Å². The number of rotatable bonds is 3. The quantitative estimate of drug-likeness (QED) is 0.537. The van der Waals surface area contributed by atoms with E-state index in [-0.39, 0.29) is 11.5 Å². The fraction of sp³-hybridized carbons (Fsp3) is 0.0870. The van der Waals surface area contributed by atoms with E-state index >= 15 is 0 Å². The first-order valence-corrected chi connectivity index (χ1v) is 8.92. The molecule has 0 fully saturated rings. The monoisotopic (exact) mass is 369 g/mol. The van der Waals surface area contributed by atoms with Crippen molar-refractivity contribution in [1.82, 2.24) is 15.0 Å². The molecule has 3 aromatic carbocycles. The van der Waals surface area contributed by atoms with E-state index in [9.17, 15) is 10.2 Å². The van der Waals surface area contributed by atoms with E-state index in [0.717, 1.165) is 22.3 Å². The summed E-state index contributed by atoms with van der Waals surface area (Å²) in [4.78, 5) is 13.8. The third-order valence-corrected chi connectivity index (χ3v) is 4.48. The van der Waals surface area contributed by atoms with Gasteiger partial charge in [-0.3, -0.25) is 0 Å². The fourth-order valence-electron chi connectivity index (χ4n) is 2.87. The van der Waals surface area contributed by atoms with Gasteiger partial charge in [-0.15, -0.1) is 0 Å². The summed E-state index contributed by atoms with van der Waals surface area (Å²) < 4.78 is 0. The summed E-state index contributed by atoms with van der Waals surface area (Å²) in [7, 11) is 0. The van der Waals surface area contributed by atoms with Crippen LogP contribution in [0.3, 0.4) is 0 Å². The van der Waals surface area contributed by atoms with E-state index in [1.807, 2.05) is 62.4 Å². The van der Waals surface area contributed by atoms with Gasteiger partial charge in [-0.1, -0.05) is 59.7 Å². The first-order chi connectivity index (χ1) is 13.5. The molecule has 0 unspecified atom stereocenters. The van der Waals surface area contributed by atoms with Crippen molar-refractivity contribution in [2.24, 2.45) is 0 Å². The van der Waals surface area contributed by atoms with E-state index in [1.54, 1.807) is 6.07 Å². The van der Waals surface area contributed by atoms with Crippen molar-refractivity contribution in [3.63, 3.8) is 0 Å². The molecule has 0 aliphatic carbocycles. The summed E-state index contributed by atoms with van der Waals surface area (Å²) in [6, 6.07) is 20.2. The number of phenolic OH excluding ortho intramolecular Hbond substituents is 2. The maximum Gasteiger partial charge on any atom is 0.167 e. The molecular formula is C23H19N3O2. The number of aromatic hydroxyl groups is 2. The topological polar surface area (TPSA) is 79.1 Å². The standard InChI is InChI=1S/C23H19N3O2/c1-14-3-7-16(8-4-14)21-24-22(17-9-5-15(2)6-10-17)26-23(25-21)19-12-11-18(27)13-20(19)28/h3-13,27-28H,1-2H3. The lowest BCUT2D eigenvalue weighted by Crippen LogP contribution is -2.00. The predicted octanol–water partition coefficient (Wildman–Crippen LogP) is 4.90. The van der Waals surface area contributed by atoms with Crippen LogP contribution in [0.2, 0.25) is 0 Å². The molecule has 4 aromatic rings. The second kappa shape index (κ2) is 7.12. The number of phenols is 2. The average molecular weight is 369 g/mol. The number of hydrogen-bond donors (Lipinski definition) is 2. The first-order valence-electron chi connectivity index (χ1n) is 8.92. The Kier molecular flexibility index (Phi) is 4.49. The van der Waals surface area contributed by atoms with Crippen molar-refractivity contribution in [2.75, 3.05) is 0 Å². The van der Waals surface area contributed by atoms with Crippen molar-refractivity contribution < 1.29 is 10.2 Å². The van der Waals surface area contributed by atoms with Gasteiger partial charge in [0.25, 0.3) is 0 Å². The summed E-state index contributed by atoms with van der Waals surface area (Å²) >= 11 is 0. The van der Waals surface area contributed by atoms with Crippen LogP contribution in [0, 0.1) is 13.8 Å². The summed E-state index contributed by atoms with van der Waals surface area (Å²) in [5.41, 5.74) is 4.45. The molecule has 0 atom stereocenters. The smallest absolute Gasteiger partial charge is 0.167 e. The molecule has 5 nitrogen and oxygen atoms in total. The lowest BCUT2D eigenvalue weighted by Gasteiger charge is -2.10. The first kappa shape index (κ1) is 17.7. The molecule has 138 valence electrons. The second-order valence-corrected chi connectivity index (χ2v) is 6.74. The highest BCUT2D eigenvalue weighted by atomic mass is 16.3. The van der Waals surface area contributed by atoms with Crippen molar-refractivity contribution in [2.45, 2.75) is 13.8 Å². The Labute approximate surface area is 163 Å². The Morgan fingerprint density at radius 2 is 1.04 bits per heavy atom. The number of hydrogen-bond acceptors (Lipinski definition) is 5. The van der Waals surface area contributed by atoms with Gasteiger partial charge in [0, 0.05) is 17.2 Å². The van der Waals surface area contributed by atoms with Gasteiger partial charge >= 0.3 is 0 Å². The zero-order valence-electron chi connectivity index (χ0n) is 15.6. The molecule has 4 rings (SSSR count). The van der Waals surface area contributed by atoms with Gasteiger partial charge in [-0.2, -0.15) is 0 Å². The Morgan fingerprint density at radius 3 is 1.50 bits per heavy atom. The third kappa shape index (κ3) is 3.55. The summed E-state index contributed by atoms with van der Waals surface area (Å²) in [5.74, 6) is 1.28. The Balaban J connectivity index is 1.92.